The summed E-state index contributed by atoms with van der Waals surface area (Å²) in [6.07, 6.45) is 6.71. The molecule has 0 atom stereocenters. The van der Waals surface area contributed by atoms with E-state index in [0.717, 1.165) is 3.57 Å². The number of nitriles is 1. The molecule has 0 bridgehead atoms. The van der Waals surface area contributed by atoms with Gasteiger partial charge in [0.15, 0.2) is 0 Å². The van der Waals surface area contributed by atoms with Gasteiger partial charge in [0.2, 0.25) is 0 Å². The molecule has 0 aliphatic heterocycles. The number of ether oxygens (including phenoxy) is 2. The zero-order valence-corrected chi connectivity index (χ0v) is 16.8. The number of anilines is 1. The first-order valence-corrected chi connectivity index (χ1v) is 9.17. The molecule has 136 valence electrons. The average molecular weight is 472 g/mol. The van der Waals surface area contributed by atoms with E-state index in [0.29, 0.717) is 29.4 Å². The van der Waals surface area contributed by atoms with Crippen LogP contribution in [0.25, 0.3) is 6.08 Å². The number of nitrogens with zero attached hydrogens (tertiary/aromatic N) is 1. The van der Waals surface area contributed by atoms with Crippen LogP contribution in [0.2, 0.25) is 0 Å². The minimum Gasteiger partial charge on any atom is -0.494 e. The predicted molar refractivity (Wildman–Crippen MR) is 113 cm³/mol. The minimum atomic E-state index is -0.492. The molecule has 0 aromatic heterocycles. The predicted octanol–water partition coefficient (Wildman–Crippen LogP) is 4.25. The lowest BCUT2D eigenvalue weighted by molar-refractivity contribution is -0.112. The Bertz CT molecular complexity index is 939. The Morgan fingerprint density at radius 3 is 2.78 bits per heavy atom. The standard InChI is InChI=1S/C21H17IN2O3/c1-3-10-27-20-9-8-15(12-19(20)22)11-16(14-23)21(25)24-17-6-5-7-18(13-17)26-4-2/h1,5-9,11-13H,4,10H2,2H3,(H,24,25)/b16-11-. The Hall–Kier alpha value is -2.97. The van der Waals surface area contributed by atoms with Crippen molar-refractivity contribution in [2.45, 2.75) is 6.92 Å². The van der Waals surface area contributed by atoms with Crippen LogP contribution in [0.15, 0.2) is 48.0 Å². The van der Waals surface area contributed by atoms with E-state index < -0.39 is 5.91 Å². The molecular weight excluding hydrogens is 455 g/mol. The molecule has 5 nitrogen and oxygen atoms in total. The van der Waals surface area contributed by atoms with Crippen LogP contribution in [-0.4, -0.2) is 19.1 Å². The van der Waals surface area contributed by atoms with Crippen molar-refractivity contribution in [2.75, 3.05) is 18.5 Å². The van der Waals surface area contributed by atoms with Crippen molar-refractivity contribution in [3.8, 4) is 29.9 Å². The summed E-state index contributed by atoms with van der Waals surface area (Å²) in [5, 5.41) is 12.1. The Morgan fingerprint density at radius 2 is 2.11 bits per heavy atom. The van der Waals surface area contributed by atoms with E-state index in [1.165, 1.54) is 6.08 Å². The molecule has 0 spiro atoms. The van der Waals surface area contributed by atoms with E-state index in [-0.39, 0.29) is 12.2 Å². The molecule has 6 heteroatoms. The van der Waals surface area contributed by atoms with Crippen molar-refractivity contribution in [1.29, 1.82) is 5.26 Å². The number of terminal acetylenes is 1. The number of carbonyl (C=O) groups excluding carboxylic acids is 1. The number of rotatable bonds is 7. The number of benzene rings is 2. The van der Waals surface area contributed by atoms with Crippen molar-refractivity contribution in [3.63, 3.8) is 0 Å². The number of carbonyl (C=O) groups is 1. The zero-order chi connectivity index (χ0) is 19.6. The van der Waals surface area contributed by atoms with Gasteiger partial charge in [-0.3, -0.25) is 4.79 Å². The molecular formula is C21H17IN2O3. The molecule has 0 aliphatic rings. The molecule has 2 aromatic carbocycles. The summed E-state index contributed by atoms with van der Waals surface area (Å²) in [4.78, 5) is 12.4. The molecule has 0 saturated heterocycles. The number of halogens is 1. The van der Waals surface area contributed by atoms with Crippen LogP contribution < -0.4 is 14.8 Å². The highest BCUT2D eigenvalue weighted by Gasteiger charge is 2.11. The van der Waals surface area contributed by atoms with E-state index in [2.05, 4.69) is 33.8 Å². The number of amides is 1. The second kappa shape index (κ2) is 10.2. The maximum Gasteiger partial charge on any atom is 0.266 e. The van der Waals surface area contributed by atoms with E-state index >= 15 is 0 Å². The number of hydrogen-bond donors (Lipinski definition) is 1. The Labute approximate surface area is 172 Å². The molecule has 0 radical (unpaired) electrons. The lowest BCUT2D eigenvalue weighted by atomic mass is 10.1. The molecule has 0 heterocycles. The van der Waals surface area contributed by atoms with Gasteiger partial charge in [0.1, 0.15) is 29.7 Å². The van der Waals surface area contributed by atoms with Gasteiger partial charge in [-0.1, -0.05) is 18.1 Å². The van der Waals surface area contributed by atoms with Gasteiger partial charge in [0.25, 0.3) is 5.91 Å². The second-order valence-corrected chi connectivity index (χ2v) is 6.43. The minimum absolute atomic E-state index is 0.00935. The van der Waals surface area contributed by atoms with Crippen molar-refractivity contribution in [3.05, 3.63) is 57.2 Å². The highest BCUT2D eigenvalue weighted by Crippen LogP contribution is 2.24. The van der Waals surface area contributed by atoms with Crippen LogP contribution in [-0.2, 0) is 4.79 Å². The highest BCUT2D eigenvalue weighted by molar-refractivity contribution is 14.1. The second-order valence-electron chi connectivity index (χ2n) is 5.27. The summed E-state index contributed by atoms with van der Waals surface area (Å²) in [5.41, 5.74) is 1.26. The fraction of sp³-hybridized carbons (Fsp3) is 0.143. The molecule has 0 saturated carbocycles. The molecule has 2 rings (SSSR count). The first-order chi connectivity index (χ1) is 13.1. The van der Waals surface area contributed by atoms with Crippen LogP contribution >= 0.6 is 22.6 Å². The molecule has 2 aromatic rings. The average Bonchev–Trinajstić information content (AvgIpc) is 2.66. The highest BCUT2D eigenvalue weighted by atomic mass is 127. The number of hydrogen-bond acceptors (Lipinski definition) is 4. The Morgan fingerprint density at radius 1 is 1.30 bits per heavy atom. The van der Waals surface area contributed by atoms with Gasteiger partial charge in [-0.25, -0.2) is 0 Å². The summed E-state index contributed by atoms with van der Waals surface area (Å²) in [5.74, 6) is 3.22. The van der Waals surface area contributed by atoms with Gasteiger partial charge in [-0.15, -0.1) is 6.42 Å². The topological polar surface area (TPSA) is 71.3 Å². The summed E-state index contributed by atoms with van der Waals surface area (Å²) < 4.78 is 11.6. The molecule has 0 fully saturated rings. The summed E-state index contributed by atoms with van der Waals surface area (Å²) in [6, 6.07) is 14.3. The van der Waals surface area contributed by atoms with Crippen LogP contribution in [0.1, 0.15) is 12.5 Å². The summed E-state index contributed by atoms with van der Waals surface area (Å²) in [6.45, 7) is 2.59. The lowest BCUT2D eigenvalue weighted by Crippen LogP contribution is -2.13. The molecule has 0 aliphatic carbocycles. The first-order valence-electron chi connectivity index (χ1n) is 8.09. The normalized spacial score (nSPS) is 10.4. The van der Waals surface area contributed by atoms with E-state index in [4.69, 9.17) is 15.9 Å². The van der Waals surface area contributed by atoms with Gasteiger partial charge >= 0.3 is 0 Å². The van der Waals surface area contributed by atoms with Crippen molar-refractivity contribution in [1.82, 2.24) is 0 Å². The van der Waals surface area contributed by atoms with E-state index in [9.17, 15) is 10.1 Å². The SMILES string of the molecule is C#CCOc1ccc(/C=C(/C#N)C(=O)Nc2cccc(OCC)c2)cc1I. The summed E-state index contributed by atoms with van der Waals surface area (Å²) >= 11 is 2.11. The molecule has 27 heavy (non-hydrogen) atoms. The molecule has 0 unspecified atom stereocenters. The number of nitrogens with one attached hydrogen (secondary N) is 1. The first kappa shape index (κ1) is 20.3. The third kappa shape index (κ3) is 6.05. The van der Waals surface area contributed by atoms with Crippen molar-refractivity contribution < 1.29 is 14.3 Å². The largest absolute Gasteiger partial charge is 0.494 e. The van der Waals surface area contributed by atoms with Crippen molar-refractivity contribution >= 4 is 40.3 Å². The van der Waals surface area contributed by atoms with Gasteiger partial charge in [0, 0.05) is 11.8 Å². The third-order valence-electron chi connectivity index (χ3n) is 3.35. The smallest absolute Gasteiger partial charge is 0.266 e. The fourth-order valence-corrected chi connectivity index (χ4v) is 2.88. The van der Waals surface area contributed by atoms with E-state index in [1.54, 1.807) is 36.4 Å². The quantitative estimate of drug-likeness (QED) is 0.283. The monoisotopic (exact) mass is 472 g/mol. The van der Waals surface area contributed by atoms with Crippen LogP contribution in [0.3, 0.4) is 0 Å². The fourth-order valence-electron chi connectivity index (χ4n) is 2.19. The van der Waals surface area contributed by atoms with Crippen LogP contribution in [0.4, 0.5) is 5.69 Å². The summed E-state index contributed by atoms with van der Waals surface area (Å²) in [7, 11) is 0. The third-order valence-corrected chi connectivity index (χ3v) is 4.19. The lowest BCUT2D eigenvalue weighted by Gasteiger charge is -2.08. The Kier molecular flexibility index (Phi) is 7.72. The Balaban J connectivity index is 2.17. The molecule has 1 amide bonds. The van der Waals surface area contributed by atoms with Gasteiger partial charge in [-0.05, 0) is 65.4 Å². The van der Waals surface area contributed by atoms with Gasteiger partial charge in [0.05, 0.1) is 10.2 Å². The van der Waals surface area contributed by atoms with Gasteiger partial charge < -0.3 is 14.8 Å². The zero-order valence-electron chi connectivity index (χ0n) is 14.7. The van der Waals surface area contributed by atoms with Crippen LogP contribution in [0.5, 0.6) is 11.5 Å². The maximum atomic E-state index is 12.4. The van der Waals surface area contributed by atoms with Crippen molar-refractivity contribution in [2.24, 2.45) is 0 Å². The van der Waals surface area contributed by atoms with E-state index in [1.807, 2.05) is 19.1 Å². The van der Waals surface area contributed by atoms with Crippen LogP contribution in [0, 0.1) is 27.2 Å². The molecule has 1 N–H and O–H groups in total. The van der Waals surface area contributed by atoms with Gasteiger partial charge in [-0.2, -0.15) is 5.26 Å². The maximum absolute atomic E-state index is 12.4.